The van der Waals surface area contributed by atoms with Crippen LogP contribution in [0.25, 0.3) is 0 Å². The second kappa shape index (κ2) is 3.99. The molecule has 3 nitrogen and oxygen atoms in total. The van der Waals surface area contributed by atoms with E-state index in [9.17, 15) is 9.59 Å². The highest BCUT2D eigenvalue weighted by molar-refractivity contribution is 6.31. The molecular formula is C9H6ClNO2. The normalized spacial score (nSPS) is 9.08. The summed E-state index contributed by atoms with van der Waals surface area (Å²) in [4.78, 5) is 23.8. The van der Waals surface area contributed by atoms with Crippen LogP contribution in [0.5, 0.6) is 0 Å². The van der Waals surface area contributed by atoms with Crippen molar-refractivity contribution in [2.24, 2.45) is 4.99 Å². The van der Waals surface area contributed by atoms with Crippen molar-refractivity contribution >= 4 is 23.6 Å². The van der Waals surface area contributed by atoms with Gasteiger partial charge in [-0.15, -0.1) is 4.99 Å². The highest BCUT2D eigenvalue weighted by Gasteiger charge is 2.04. The van der Waals surface area contributed by atoms with Crippen LogP contribution in [0.3, 0.4) is 0 Å². The van der Waals surface area contributed by atoms with E-state index >= 15 is 0 Å². The van der Waals surface area contributed by atoms with Gasteiger partial charge < -0.3 is 0 Å². The molecule has 0 aliphatic carbocycles. The molecule has 0 N–H and O–H groups in total. The van der Waals surface area contributed by atoms with Crippen molar-refractivity contribution in [2.75, 3.05) is 0 Å². The number of aryl methyl sites for hydroxylation is 1. The van der Waals surface area contributed by atoms with Crippen LogP contribution < -0.4 is 0 Å². The van der Waals surface area contributed by atoms with E-state index in [1.54, 1.807) is 19.1 Å². The fraction of sp³-hybridized carbons (Fsp3) is 0.111. The van der Waals surface area contributed by atoms with Gasteiger partial charge in [0, 0.05) is 10.6 Å². The third-order valence-electron chi connectivity index (χ3n) is 1.44. The monoisotopic (exact) mass is 195 g/mol. The number of halogens is 1. The van der Waals surface area contributed by atoms with Crippen molar-refractivity contribution in [3.8, 4) is 0 Å². The third-order valence-corrected chi connectivity index (χ3v) is 1.65. The number of benzene rings is 1. The molecule has 1 aromatic rings. The van der Waals surface area contributed by atoms with Gasteiger partial charge in [0.05, 0.1) is 0 Å². The van der Waals surface area contributed by atoms with Gasteiger partial charge in [-0.05, 0) is 30.7 Å². The molecule has 0 aliphatic rings. The summed E-state index contributed by atoms with van der Waals surface area (Å²) >= 11 is 5.70. The molecule has 0 bridgehead atoms. The molecule has 0 atom stereocenters. The Morgan fingerprint density at radius 3 is 2.69 bits per heavy atom. The Hall–Kier alpha value is -1.44. The Morgan fingerprint density at radius 1 is 1.46 bits per heavy atom. The van der Waals surface area contributed by atoms with E-state index < -0.39 is 5.91 Å². The topological polar surface area (TPSA) is 46.5 Å². The van der Waals surface area contributed by atoms with Crippen LogP contribution in [0.15, 0.2) is 23.2 Å². The molecule has 0 spiro atoms. The van der Waals surface area contributed by atoms with Crippen LogP contribution in [0, 0.1) is 6.92 Å². The van der Waals surface area contributed by atoms with Gasteiger partial charge in [0.25, 0.3) is 5.91 Å². The van der Waals surface area contributed by atoms with Crippen molar-refractivity contribution in [2.45, 2.75) is 6.92 Å². The fourth-order valence-electron chi connectivity index (χ4n) is 0.966. The first-order valence-electron chi connectivity index (χ1n) is 3.53. The van der Waals surface area contributed by atoms with Crippen LogP contribution in [-0.2, 0) is 4.79 Å². The summed E-state index contributed by atoms with van der Waals surface area (Å²) in [7, 11) is 0. The summed E-state index contributed by atoms with van der Waals surface area (Å²) in [6.45, 7) is 1.80. The number of amides is 1. The summed E-state index contributed by atoms with van der Waals surface area (Å²) < 4.78 is 0. The standard InChI is InChI=1S/C9H6ClNO2/c1-6-2-7(4-8(10)3-6)9(13)11-5-12/h2-4H,1H3. The SMILES string of the molecule is Cc1cc(Cl)cc(C(=O)N=C=O)c1. The summed E-state index contributed by atoms with van der Waals surface area (Å²) in [6, 6.07) is 4.77. The molecule has 66 valence electrons. The lowest BCUT2D eigenvalue weighted by atomic mass is 10.1. The Labute approximate surface area is 80.0 Å². The molecule has 0 aromatic heterocycles. The smallest absolute Gasteiger partial charge is 0.266 e. The second-order valence-electron chi connectivity index (χ2n) is 2.53. The number of rotatable bonds is 1. The molecule has 1 rings (SSSR count). The molecule has 0 aliphatic heterocycles. The van der Waals surface area contributed by atoms with E-state index in [2.05, 4.69) is 4.99 Å². The lowest BCUT2D eigenvalue weighted by Crippen LogP contribution is -1.94. The number of aliphatic imine (C=N–C) groups is 1. The Morgan fingerprint density at radius 2 is 2.15 bits per heavy atom. The molecule has 0 saturated carbocycles. The maximum absolute atomic E-state index is 11.1. The van der Waals surface area contributed by atoms with Crippen LogP contribution in [0.2, 0.25) is 5.02 Å². The van der Waals surface area contributed by atoms with Crippen LogP contribution in [0.4, 0.5) is 0 Å². The largest absolute Gasteiger partial charge is 0.287 e. The van der Waals surface area contributed by atoms with Crippen molar-refractivity contribution in [1.82, 2.24) is 0 Å². The first kappa shape index (κ1) is 9.65. The minimum absolute atomic E-state index is 0.299. The average molecular weight is 196 g/mol. The maximum Gasteiger partial charge on any atom is 0.287 e. The quantitative estimate of drug-likeness (QED) is 0.509. The zero-order valence-electron chi connectivity index (χ0n) is 6.87. The van der Waals surface area contributed by atoms with E-state index in [0.717, 1.165) is 5.56 Å². The first-order valence-corrected chi connectivity index (χ1v) is 3.90. The molecule has 0 saturated heterocycles. The number of carbonyl (C=O) groups excluding carboxylic acids is 2. The van der Waals surface area contributed by atoms with Crippen LogP contribution >= 0.6 is 11.6 Å². The Kier molecular flexibility index (Phi) is 2.96. The van der Waals surface area contributed by atoms with Crippen molar-refractivity contribution in [1.29, 1.82) is 0 Å². The van der Waals surface area contributed by atoms with Crippen LogP contribution in [0.1, 0.15) is 15.9 Å². The van der Waals surface area contributed by atoms with Gasteiger partial charge in [0.2, 0.25) is 6.08 Å². The predicted octanol–water partition coefficient (Wildman–Crippen LogP) is 2.12. The van der Waals surface area contributed by atoms with Crippen molar-refractivity contribution in [3.05, 3.63) is 34.3 Å². The van der Waals surface area contributed by atoms with Gasteiger partial charge >= 0.3 is 0 Å². The second-order valence-corrected chi connectivity index (χ2v) is 2.96. The first-order chi connectivity index (χ1) is 6.13. The molecule has 0 heterocycles. The molecular weight excluding hydrogens is 190 g/mol. The lowest BCUT2D eigenvalue weighted by Gasteiger charge is -1.97. The fourth-order valence-corrected chi connectivity index (χ4v) is 1.26. The average Bonchev–Trinajstić information content (AvgIpc) is 2.03. The minimum Gasteiger partial charge on any atom is -0.266 e. The van der Waals surface area contributed by atoms with Gasteiger partial charge in [0.1, 0.15) is 0 Å². The lowest BCUT2D eigenvalue weighted by molar-refractivity contribution is 0.100. The number of nitrogens with zero attached hydrogens (tertiary/aromatic N) is 1. The molecule has 0 unspecified atom stereocenters. The Balaban J connectivity index is 3.15. The molecule has 1 amide bonds. The maximum atomic E-state index is 11.1. The van der Waals surface area contributed by atoms with Crippen LogP contribution in [-0.4, -0.2) is 12.0 Å². The number of carbonyl (C=O) groups is 1. The van der Waals surface area contributed by atoms with E-state index in [-0.39, 0.29) is 0 Å². The van der Waals surface area contributed by atoms with Gasteiger partial charge in [0.15, 0.2) is 0 Å². The highest BCUT2D eigenvalue weighted by atomic mass is 35.5. The summed E-state index contributed by atoms with van der Waals surface area (Å²) in [5.74, 6) is -0.624. The summed E-state index contributed by atoms with van der Waals surface area (Å²) in [5, 5.41) is 0.449. The van der Waals surface area contributed by atoms with E-state index in [0.29, 0.717) is 10.6 Å². The summed E-state index contributed by atoms with van der Waals surface area (Å²) in [6.07, 6.45) is 1.19. The molecule has 1 aromatic carbocycles. The summed E-state index contributed by atoms with van der Waals surface area (Å²) in [5.41, 5.74) is 1.14. The number of hydrogen-bond donors (Lipinski definition) is 0. The molecule has 13 heavy (non-hydrogen) atoms. The van der Waals surface area contributed by atoms with Gasteiger partial charge in [-0.3, -0.25) is 4.79 Å². The van der Waals surface area contributed by atoms with Crippen molar-refractivity contribution in [3.63, 3.8) is 0 Å². The number of isocyanates is 1. The third kappa shape index (κ3) is 2.51. The Bertz CT molecular complexity index is 374. The van der Waals surface area contributed by atoms with E-state index in [1.165, 1.54) is 12.1 Å². The number of hydrogen-bond acceptors (Lipinski definition) is 2. The molecule has 4 heteroatoms. The molecule has 0 fully saturated rings. The van der Waals surface area contributed by atoms with Gasteiger partial charge in [-0.1, -0.05) is 11.6 Å². The van der Waals surface area contributed by atoms with Gasteiger partial charge in [-0.2, -0.15) is 0 Å². The predicted molar refractivity (Wildman–Crippen MR) is 48.6 cm³/mol. The highest BCUT2D eigenvalue weighted by Crippen LogP contribution is 2.14. The molecule has 0 radical (unpaired) electrons. The van der Waals surface area contributed by atoms with E-state index in [4.69, 9.17) is 11.6 Å². The zero-order valence-corrected chi connectivity index (χ0v) is 7.63. The minimum atomic E-state index is -0.624. The van der Waals surface area contributed by atoms with Gasteiger partial charge in [-0.25, -0.2) is 4.79 Å². The zero-order chi connectivity index (χ0) is 9.84. The van der Waals surface area contributed by atoms with Crippen molar-refractivity contribution < 1.29 is 9.59 Å². The van der Waals surface area contributed by atoms with E-state index in [1.807, 2.05) is 0 Å².